The highest BCUT2D eigenvalue weighted by atomic mass is 32.1. The Morgan fingerprint density at radius 1 is 1.00 bits per heavy atom. The molecule has 34 heavy (non-hydrogen) atoms. The van der Waals surface area contributed by atoms with E-state index in [2.05, 4.69) is 5.32 Å². The van der Waals surface area contributed by atoms with Gasteiger partial charge in [-0.25, -0.2) is 9.78 Å². The minimum atomic E-state index is -0.572. The zero-order chi connectivity index (χ0) is 23.9. The molecule has 1 N–H and O–H groups in total. The van der Waals surface area contributed by atoms with Crippen LogP contribution in [0.3, 0.4) is 0 Å². The van der Waals surface area contributed by atoms with Gasteiger partial charge in [0, 0.05) is 18.3 Å². The molecule has 7 nitrogen and oxygen atoms in total. The number of aryl methyl sites for hydroxylation is 2. The Bertz CT molecular complexity index is 1140. The molecule has 1 heterocycles. The van der Waals surface area contributed by atoms with E-state index in [4.69, 9.17) is 9.72 Å². The number of nitrogens with zero attached hydrogens (tertiary/aromatic N) is 2. The van der Waals surface area contributed by atoms with Crippen LogP contribution in [-0.2, 0) is 40.3 Å². The summed E-state index contributed by atoms with van der Waals surface area (Å²) in [4.78, 5) is 44.3. The van der Waals surface area contributed by atoms with Gasteiger partial charge in [0.1, 0.15) is 0 Å². The molecule has 4 rings (SSSR count). The third kappa shape index (κ3) is 6.08. The molecule has 0 saturated carbocycles. The van der Waals surface area contributed by atoms with E-state index >= 15 is 0 Å². The lowest BCUT2D eigenvalue weighted by Crippen LogP contribution is -2.34. The van der Waals surface area contributed by atoms with Crippen LogP contribution in [0.25, 0.3) is 0 Å². The topological polar surface area (TPSA) is 88.6 Å². The smallest absolute Gasteiger partial charge is 0.338 e. The zero-order valence-electron chi connectivity index (χ0n) is 19.1. The zero-order valence-corrected chi connectivity index (χ0v) is 19.9. The maximum Gasteiger partial charge on any atom is 0.338 e. The lowest BCUT2D eigenvalue weighted by atomic mass is 10.0. The highest BCUT2D eigenvalue weighted by molar-refractivity contribution is 7.15. The molecule has 2 aromatic carbocycles. The summed E-state index contributed by atoms with van der Waals surface area (Å²) in [6, 6.07) is 16.5. The number of carbonyl (C=O) groups excluding carboxylic acids is 3. The van der Waals surface area contributed by atoms with Gasteiger partial charge in [-0.1, -0.05) is 42.5 Å². The molecular formula is C26H27N3O4S. The van der Waals surface area contributed by atoms with E-state index in [-0.39, 0.29) is 18.4 Å². The Hall–Kier alpha value is -3.52. The van der Waals surface area contributed by atoms with Crippen LogP contribution in [0.2, 0.25) is 0 Å². The maximum atomic E-state index is 13.2. The number of thiazole rings is 1. The number of amides is 2. The van der Waals surface area contributed by atoms with Crippen LogP contribution >= 0.6 is 11.3 Å². The van der Waals surface area contributed by atoms with Crippen molar-refractivity contribution in [2.45, 2.75) is 45.7 Å². The standard InChI is InChI=1S/C26H27N3O4S/c1-18(30)27-15-19-11-13-21(14-12-19)25(32)33-17-24(31)29(16-20-7-3-2-4-8-20)26-28-22-9-5-6-10-23(22)34-26/h2-4,7-8,11-14H,5-6,9-10,15-17H2,1H3,(H,27,30). The van der Waals surface area contributed by atoms with Crippen molar-refractivity contribution >= 4 is 34.3 Å². The average Bonchev–Trinajstić information content (AvgIpc) is 3.29. The molecule has 1 aromatic heterocycles. The lowest BCUT2D eigenvalue weighted by molar-refractivity contribution is -0.122. The fraction of sp³-hybridized carbons (Fsp3) is 0.308. The number of hydrogen-bond acceptors (Lipinski definition) is 6. The van der Waals surface area contributed by atoms with Gasteiger partial charge in [0.2, 0.25) is 5.91 Å². The molecule has 8 heteroatoms. The summed E-state index contributed by atoms with van der Waals surface area (Å²) < 4.78 is 5.35. The second kappa shape index (κ2) is 11.1. The second-order valence-electron chi connectivity index (χ2n) is 8.22. The van der Waals surface area contributed by atoms with Crippen LogP contribution in [0.1, 0.15) is 51.8 Å². The van der Waals surface area contributed by atoms with Crippen LogP contribution in [0.5, 0.6) is 0 Å². The third-order valence-electron chi connectivity index (χ3n) is 5.61. The first-order valence-electron chi connectivity index (χ1n) is 11.3. The summed E-state index contributed by atoms with van der Waals surface area (Å²) in [5, 5.41) is 3.36. The Morgan fingerprint density at radius 2 is 1.74 bits per heavy atom. The summed E-state index contributed by atoms with van der Waals surface area (Å²) in [6.07, 6.45) is 4.19. The summed E-state index contributed by atoms with van der Waals surface area (Å²) in [5.41, 5.74) is 3.27. The third-order valence-corrected chi connectivity index (χ3v) is 6.79. The maximum absolute atomic E-state index is 13.2. The van der Waals surface area contributed by atoms with E-state index in [1.54, 1.807) is 40.5 Å². The number of benzene rings is 2. The first-order valence-corrected chi connectivity index (χ1v) is 12.1. The number of esters is 1. The highest BCUT2D eigenvalue weighted by Crippen LogP contribution is 2.32. The van der Waals surface area contributed by atoms with Crippen LogP contribution in [0.4, 0.5) is 5.13 Å². The molecule has 0 atom stereocenters. The van der Waals surface area contributed by atoms with Gasteiger partial charge in [-0.2, -0.15) is 0 Å². The number of ether oxygens (including phenoxy) is 1. The van der Waals surface area contributed by atoms with Gasteiger partial charge >= 0.3 is 5.97 Å². The number of fused-ring (bicyclic) bond motifs is 1. The van der Waals surface area contributed by atoms with E-state index in [0.29, 0.717) is 23.8 Å². The largest absolute Gasteiger partial charge is 0.452 e. The van der Waals surface area contributed by atoms with Gasteiger partial charge in [0.05, 0.1) is 17.8 Å². The molecule has 0 saturated heterocycles. The Kier molecular flexibility index (Phi) is 7.69. The van der Waals surface area contributed by atoms with Crippen molar-refractivity contribution in [3.05, 3.63) is 81.9 Å². The van der Waals surface area contributed by atoms with Gasteiger partial charge in [-0.15, -0.1) is 11.3 Å². The minimum Gasteiger partial charge on any atom is -0.452 e. The molecule has 0 radical (unpaired) electrons. The quantitative estimate of drug-likeness (QED) is 0.495. The van der Waals surface area contributed by atoms with Crippen LogP contribution in [0.15, 0.2) is 54.6 Å². The molecule has 1 aliphatic carbocycles. The Labute approximate surface area is 202 Å². The van der Waals surface area contributed by atoms with E-state index < -0.39 is 5.97 Å². The van der Waals surface area contributed by atoms with Gasteiger partial charge in [0.25, 0.3) is 5.91 Å². The van der Waals surface area contributed by atoms with Crippen molar-refractivity contribution in [1.29, 1.82) is 0 Å². The van der Waals surface area contributed by atoms with Crippen molar-refractivity contribution in [2.24, 2.45) is 0 Å². The molecular weight excluding hydrogens is 450 g/mol. The first kappa shape index (κ1) is 23.6. The van der Waals surface area contributed by atoms with E-state index in [9.17, 15) is 14.4 Å². The molecule has 1 aliphatic rings. The van der Waals surface area contributed by atoms with Crippen LogP contribution in [0, 0.1) is 0 Å². The van der Waals surface area contributed by atoms with Crippen LogP contribution in [-0.4, -0.2) is 29.4 Å². The predicted octanol–water partition coefficient (Wildman–Crippen LogP) is 4.05. The Morgan fingerprint density at radius 3 is 2.44 bits per heavy atom. The number of rotatable bonds is 8. The summed E-state index contributed by atoms with van der Waals surface area (Å²) in [5.74, 6) is -1.01. The van der Waals surface area contributed by atoms with Gasteiger partial charge in [-0.3, -0.25) is 14.5 Å². The molecule has 0 fully saturated rings. The molecule has 0 aliphatic heterocycles. The normalized spacial score (nSPS) is 12.5. The molecule has 2 amide bonds. The number of carbonyl (C=O) groups is 3. The fourth-order valence-corrected chi connectivity index (χ4v) is 4.92. The van der Waals surface area contributed by atoms with Crippen molar-refractivity contribution < 1.29 is 19.1 Å². The van der Waals surface area contributed by atoms with Crippen molar-refractivity contribution in [2.75, 3.05) is 11.5 Å². The van der Waals surface area contributed by atoms with Gasteiger partial charge < -0.3 is 10.1 Å². The van der Waals surface area contributed by atoms with Crippen LogP contribution < -0.4 is 10.2 Å². The number of aromatic nitrogens is 1. The Balaban J connectivity index is 1.43. The van der Waals surface area contributed by atoms with Crippen molar-refractivity contribution in [1.82, 2.24) is 10.3 Å². The van der Waals surface area contributed by atoms with Crippen molar-refractivity contribution in [3.8, 4) is 0 Å². The van der Waals surface area contributed by atoms with Gasteiger partial charge in [0.15, 0.2) is 11.7 Å². The SMILES string of the molecule is CC(=O)NCc1ccc(C(=O)OCC(=O)N(Cc2ccccc2)c2nc3c(s2)CCCC3)cc1. The van der Waals surface area contributed by atoms with E-state index in [1.165, 1.54) is 11.8 Å². The molecule has 0 unspecified atom stereocenters. The monoisotopic (exact) mass is 477 g/mol. The molecule has 176 valence electrons. The summed E-state index contributed by atoms with van der Waals surface area (Å²) in [7, 11) is 0. The first-order chi connectivity index (χ1) is 16.5. The number of anilines is 1. The van der Waals surface area contributed by atoms with Gasteiger partial charge in [-0.05, 0) is 48.9 Å². The summed E-state index contributed by atoms with van der Waals surface area (Å²) in [6.45, 7) is 1.82. The minimum absolute atomic E-state index is 0.122. The van der Waals surface area contributed by atoms with E-state index in [0.717, 1.165) is 42.5 Å². The van der Waals surface area contributed by atoms with E-state index in [1.807, 2.05) is 30.3 Å². The second-order valence-corrected chi connectivity index (χ2v) is 9.28. The number of hydrogen-bond donors (Lipinski definition) is 1. The fourth-order valence-electron chi connectivity index (χ4n) is 3.76. The molecule has 0 spiro atoms. The molecule has 3 aromatic rings. The number of nitrogens with one attached hydrogen (secondary N) is 1. The predicted molar refractivity (Wildman–Crippen MR) is 131 cm³/mol. The lowest BCUT2D eigenvalue weighted by Gasteiger charge is -2.20. The molecule has 0 bridgehead atoms. The van der Waals surface area contributed by atoms with Crippen molar-refractivity contribution in [3.63, 3.8) is 0 Å². The highest BCUT2D eigenvalue weighted by Gasteiger charge is 2.24. The summed E-state index contributed by atoms with van der Waals surface area (Å²) >= 11 is 1.55. The average molecular weight is 478 g/mol.